The summed E-state index contributed by atoms with van der Waals surface area (Å²) in [5, 5.41) is 2.08. The van der Waals surface area contributed by atoms with Crippen LogP contribution >= 0.6 is 11.3 Å². The predicted octanol–water partition coefficient (Wildman–Crippen LogP) is 3.09. The van der Waals surface area contributed by atoms with Crippen LogP contribution in [0.4, 0.5) is 0 Å². The van der Waals surface area contributed by atoms with Gasteiger partial charge in [0.05, 0.1) is 0 Å². The van der Waals surface area contributed by atoms with Crippen molar-refractivity contribution in [2.75, 3.05) is 11.5 Å². The van der Waals surface area contributed by atoms with Gasteiger partial charge in [0, 0.05) is 27.2 Å². The predicted molar refractivity (Wildman–Crippen MR) is 65.4 cm³/mol. The Morgan fingerprint density at radius 1 is 1.43 bits per heavy atom. The molecule has 0 N–H and O–H groups in total. The lowest BCUT2D eigenvalue weighted by Gasteiger charge is -2.03. The summed E-state index contributed by atoms with van der Waals surface area (Å²) in [6.45, 7) is 4.35. The first kappa shape index (κ1) is 11.9. The van der Waals surface area contributed by atoms with Crippen molar-refractivity contribution < 1.29 is 4.21 Å². The van der Waals surface area contributed by atoms with E-state index in [1.807, 2.05) is 0 Å². The van der Waals surface area contributed by atoms with E-state index in [-0.39, 0.29) is 0 Å². The molecule has 0 unspecified atom stereocenters. The average molecular weight is 230 g/mol. The normalized spacial score (nSPS) is 13.4. The lowest BCUT2D eigenvalue weighted by Crippen LogP contribution is -2.06. The van der Waals surface area contributed by atoms with Gasteiger partial charge in [0.25, 0.3) is 0 Å². The SMILES string of the molecule is CC(C)CC[S@](=O)CCc1cccs1. The molecule has 0 saturated heterocycles. The lowest BCUT2D eigenvalue weighted by atomic mass is 10.2. The molecule has 0 amide bonds. The van der Waals surface area contributed by atoms with Crippen LogP contribution in [0.25, 0.3) is 0 Å². The number of thiophene rings is 1. The fourth-order valence-electron chi connectivity index (χ4n) is 1.14. The number of hydrogen-bond donors (Lipinski definition) is 0. The van der Waals surface area contributed by atoms with Crippen molar-refractivity contribution in [1.29, 1.82) is 0 Å². The van der Waals surface area contributed by atoms with Gasteiger partial charge in [-0.25, -0.2) is 0 Å². The van der Waals surface area contributed by atoms with Crippen molar-refractivity contribution in [2.45, 2.75) is 26.7 Å². The second-order valence-electron chi connectivity index (χ2n) is 3.86. The van der Waals surface area contributed by atoms with Crippen LogP contribution in [0.1, 0.15) is 25.1 Å². The molecule has 0 spiro atoms. The zero-order chi connectivity index (χ0) is 10.4. The lowest BCUT2D eigenvalue weighted by molar-refractivity contribution is 0.619. The number of rotatable bonds is 6. The molecule has 0 bridgehead atoms. The molecule has 1 heterocycles. The minimum absolute atomic E-state index is 0.619. The van der Waals surface area contributed by atoms with Crippen molar-refractivity contribution >= 4 is 22.1 Å². The molecular weight excluding hydrogens is 212 g/mol. The van der Waals surface area contributed by atoms with Crippen LogP contribution in [0.3, 0.4) is 0 Å². The second-order valence-corrected chi connectivity index (χ2v) is 6.59. The van der Waals surface area contributed by atoms with E-state index in [9.17, 15) is 4.21 Å². The van der Waals surface area contributed by atoms with Gasteiger partial charge in [-0.2, -0.15) is 0 Å². The van der Waals surface area contributed by atoms with Crippen LogP contribution in [0.2, 0.25) is 0 Å². The maximum Gasteiger partial charge on any atom is 0.0283 e. The van der Waals surface area contributed by atoms with Gasteiger partial charge in [-0.3, -0.25) is 4.21 Å². The first-order chi connectivity index (χ1) is 6.68. The average Bonchev–Trinajstić information content (AvgIpc) is 2.63. The van der Waals surface area contributed by atoms with Gasteiger partial charge in [0.15, 0.2) is 0 Å². The largest absolute Gasteiger partial charge is 0.260 e. The Labute approximate surface area is 93.0 Å². The summed E-state index contributed by atoms with van der Waals surface area (Å²) >= 11 is 1.75. The van der Waals surface area contributed by atoms with E-state index >= 15 is 0 Å². The molecule has 1 nitrogen and oxygen atoms in total. The van der Waals surface area contributed by atoms with Crippen LogP contribution in [0, 0.1) is 5.92 Å². The van der Waals surface area contributed by atoms with E-state index in [0.717, 1.165) is 24.3 Å². The summed E-state index contributed by atoms with van der Waals surface area (Å²) in [6.07, 6.45) is 2.05. The van der Waals surface area contributed by atoms with Crippen LogP contribution in [-0.4, -0.2) is 15.7 Å². The Hall–Kier alpha value is -0.150. The number of aryl methyl sites for hydroxylation is 1. The van der Waals surface area contributed by atoms with E-state index in [4.69, 9.17) is 0 Å². The fourth-order valence-corrected chi connectivity index (χ4v) is 3.36. The van der Waals surface area contributed by atoms with E-state index in [1.54, 1.807) is 11.3 Å². The van der Waals surface area contributed by atoms with Crippen molar-refractivity contribution in [1.82, 2.24) is 0 Å². The van der Waals surface area contributed by atoms with Crippen LogP contribution in [0.5, 0.6) is 0 Å². The van der Waals surface area contributed by atoms with Gasteiger partial charge in [-0.1, -0.05) is 19.9 Å². The van der Waals surface area contributed by atoms with Gasteiger partial charge in [0.2, 0.25) is 0 Å². The molecule has 1 atom stereocenters. The maximum atomic E-state index is 11.6. The number of hydrogen-bond acceptors (Lipinski definition) is 2. The van der Waals surface area contributed by atoms with E-state index in [2.05, 4.69) is 31.4 Å². The van der Waals surface area contributed by atoms with E-state index < -0.39 is 10.8 Å². The molecule has 1 aromatic heterocycles. The molecule has 14 heavy (non-hydrogen) atoms. The third-order valence-electron chi connectivity index (χ3n) is 2.08. The second kappa shape index (κ2) is 6.36. The molecule has 3 heteroatoms. The highest BCUT2D eigenvalue weighted by Gasteiger charge is 2.03. The van der Waals surface area contributed by atoms with Gasteiger partial charge >= 0.3 is 0 Å². The molecular formula is C11H18OS2. The first-order valence-corrected chi connectivity index (χ1v) is 7.42. The molecule has 80 valence electrons. The van der Waals surface area contributed by atoms with Gasteiger partial charge in [-0.15, -0.1) is 11.3 Å². The van der Waals surface area contributed by atoms with Crippen LogP contribution in [-0.2, 0) is 17.2 Å². The Balaban J connectivity index is 2.15. The zero-order valence-corrected chi connectivity index (χ0v) is 10.5. The van der Waals surface area contributed by atoms with Crippen molar-refractivity contribution in [3.05, 3.63) is 22.4 Å². The van der Waals surface area contributed by atoms with E-state index in [1.165, 1.54) is 4.88 Å². The molecule has 0 aromatic carbocycles. The summed E-state index contributed by atoms with van der Waals surface area (Å²) in [6, 6.07) is 4.17. The van der Waals surface area contributed by atoms with Gasteiger partial charge < -0.3 is 0 Å². The molecule has 0 aliphatic carbocycles. The van der Waals surface area contributed by atoms with Crippen molar-refractivity contribution in [3.63, 3.8) is 0 Å². The van der Waals surface area contributed by atoms with Gasteiger partial charge in [-0.05, 0) is 30.2 Å². The summed E-state index contributed by atoms with van der Waals surface area (Å²) in [4.78, 5) is 1.35. The summed E-state index contributed by atoms with van der Waals surface area (Å²) < 4.78 is 11.6. The highest BCUT2D eigenvalue weighted by atomic mass is 32.2. The van der Waals surface area contributed by atoms with E-state index in [0.29, 0.717) is 5.92 Å². The standard InChI is InChI=1S/C11H18OS2/c1-10(2)5-8-14(12)9-6-11-4-3-7-13-11/h3-4,7,10H,5-6,8-9H2,1-2H3/t14-/m0/s1. The van der Waals surface area contributed by atoms with Crippen molar-refractivity contribution in [2.24, 2.45) is 5.92 Å². The third kappa shape index (κ3) is 4.91. The molecule has 0 radical (unpaired) electrons. The topological polar surface area (TPSA) is 17.1 Å². The molecule has 0 aliphatic rings. The summed E-state index contributed by atoms with van der Waals surface area (Å²) in [5.74, 6) is 2.36. The zero-order valence-electron chi connectivity index (χ0n) is 8.86. The maximum absolute atomic E-state index is 11.6. The van der Waals surface area contributed by atoms with Crippen molar-refractivity contribution in [3.8, 4) is 0 Å². The molecule has 1 rings (SSSR count). The molecule has 0 fully saturated rings. The molecule has 0 saturated carbocycles. The Morgan fingerprint density at radius 3 is 2.79 bits per heavy atom. The third-order valence-corrected chi connectivity index (χ3v) is 4.37. The minimum atomic E-state index is -0.619. The highest BCUT2D eigenvalue weighted by Crippen LogP contribution is 2.10. The first-order valence-electron chi connectivity index (χ1n) is 5.06. The quantitative estimate of drug-likeness (QED) is 0.734. The molecule has 1 aromatic rings. The monoisotopic (exact) mass is 230 g/mol. The highest BCUT2D eigenvalue weighted by molar-refractivity contribution is 7.84. The van der Waals surface area contributed by atoms with Crippen LogP contribution in [0.15, 0.2) is 17.5 Å². The smallest absolute Gasteiger partial charge is 0.0283 e. The van der Waals surface area contributed by atoms with Gasteiger partial charge in [0.1, 0.15) is 0 Å². The Morgan fingerprint density at radius 2 is 2.21 bits per heavy atom. The summed E-state index contributed by atoms with van der Waals surface area (Å²) in [7, 11) is -0.619. The molecule has 0 aliphatic heterocycles. The van der Waals surface area contributed by atoms with Crippen LogP contribution < -0.4 is 0 Å². The Bertz CT molecular complexity index is 265. The Kier molecular flexibility index (Phi) is 5.41. The summed E-state index contributed by atoms with van der Waals surface area (Å²) in [5.41, 5.74) is 0. The minimum Gasteiger partial charge on any atom is -0.260 e. The fraction of sp³-hybridized carbons (Fsp3) is 0.636.